The second-order valence-electron chi connectivity index (χ2n) is 2.98. The Hall–Kier alpha value is -0.810. The highest BCUT2D eigenvalue weighted by Crippen LogP contribution is 2.20. The van der Waals surface area contributed by atoms with Crippen molar-refractivity contribution in [1.82, 2.24) is 0 Å². The third kappa shape index (κ3) is 4.05. The van der Waals surface area contributed by atoms with E-state index in [1.165, 1.54) is 6.08 Å². The Kier molecular flexibility index (Phi) is 3.93. The van der Waals surface area contributed by atoms with Gasteiger partial charge >= 0.3 is 6.18 Å². The molecule has 1 aromatic carbocycles. The van der Waals surface area contributed by atoms with Gasteiger partial charge in [0.05, 0.1) is 0 Å². The maximum absolute atomic E-state index is 12.0. The molecule has 0 unspecified atom stereocenters. The predicted molar refractivity (Wildman–Crippen MR) is 57.2 cm³/mol. The number of benzene rings is 1. The van der Waals surface area contributed by atoms with Crippen molar-refractivity contribution in [2.45, 2.75) is 12.2 Å². The normalized spacial score (nSPS) is 14.5. The average molecular weight is 280 g/mol. The molecular formula is C10H9BrF3N. The summed E-state index contributed by atoms with van der Waals surface area (Å²) in [6, 6.07) is 4.98. The highest BCUT2D eigenvalue weighted by atomic mass is 79.9. The van der Waals surface area contributed by atoms with Gasteiger partial charge in [0.25, 0.3) is 0 Å². The van der Waals surface area contributed by atoms with E-state index in [1.807, 2.05) is 0 Å². The van der Waals surface area contributed by atoms with E-state index < -0.39 is 12.2 Å². The molecule has 0 saturated carbocycles. The SMILES string of the molecule is N[C@@H](C=Cc1ccc(Br)cc1)C(F)(F)F. The fraction of sp³-hybridized carbons (Fsp3) is 0.200. The molecule has 0 fully saturated rings. The average Bonchev–Trinajstić information content (AvgIpc) is 2.15. The molecule has 0 amide bonds. The lowest BCUT2D eigenvalue weighted by Gasteiger charge is -2.10. The third-order valence-corrected chi connectivity index (χ3v) is 2.27. The van der Waals surface area contributed by atoms with Gasteiger partial charge < -0.3 is 5.73 Å². The van der Waals surface area contributed by atoms with Crippen molar-refractivity contribution in [2.75, 3.05) is 0 Å². The van der Waals surface area contributed by atoms with E-state index in [9.17, 15) is 13.2 Å². The molecule has 0 aromatic heterocycles. The molecule has 0 aliphatic heterocycles. The predicted octanol–water partition coefficient (Wildman–Crippen LogP) is 3.35. The van der Waals surface area contributed by atoms with E-state index in [4.69, 9.17) is 5.73 Å². The van der Waals surface area contributed by atoms with Crippen LogP contribution in [-0.2, 0) is 0 Å². The van der Waals surface area contributed by atoms with Crippen LogP contribution in [0.2, 0.25) is 0 Å². The molecule has 0 radical (unpaired) electrons. The summed E-state index contributed by atoms with van der Waals surface area (Å²) in [6.45, 7) is 0. The Morgan fingerprint density at radius 1 is 1.20 bits per heavy atom. The molecule has 0 bridgehead atoms. The number of hydrogen-bond donors (Lipinski definition) is 1. The van der Waals surface area contributed by atoms with Gasteiger partial charge in [-0.2, -0.15) is 13.2 Å². The zero-order chi connectivity index (χ0) is 11.5. The maximum atomic E-state index is 12.0. The van der Waals surface area contributed by atoms with Gasteiger partial charge in [-0.15, -0.1) is 0 Å². The van der Waals surface area contributed by atoms with Crippen molar-refractivity contribution < 1.29 is 13.2 Å². The summed E-state index contributed by atoms with van der Waals surface area (Å²) < 4.78 is 37.0. The Morgan fingerprint density at radius 2 is 1.73 bits per heavy atom. The summed E-state index contributed by atoms with van der Waals surface area (Å²) in [7, 11) is 0. The fourth-order valence-corrected chi connectivity index (χ4v) is 1.16. The van der Waals surface area contributed by atoms with Gasteiger partial charge in [0.2, 0.25) is 0 Å². The minimum atomic E-state index is -4.38. The second kappa shape index (κ2) is 4.81. The van der Waals surface area contributed by atoms with E-state index in [0.717, 1.165) is 10.5 Å². The fourth-order valence-electron chi connectivity index (χ4n) is 0.898. The molecule has 1 atom stereocenters. The Balaban J connectivity index is 2.70. The Bertz CT molecular complexity index is 343. The van der Waals surface area contributed by atoms with Crippen LogP contribution >= 0.6 is 15.9 Å². The van der Waals surface area contributed by atoms with Crippen LogP contribution < -0.4 is 5.73 Å². The lowest BCUT2D eigenvalue weighted by Crippen LogP contribution is -2.35. The summed E-state index contributed by atoms with van der Waals surface area (Å²) in [5.41, 5.74) is 5.59. The second-order valence-corrected chi connectivity index (χ2v) is 3.89. The van der Waals surface area contributed by atoms with Crippen LogP contribution in [0, 0.1) is 0 Å². The van der Waals surface area contributed by atoms with Gasteiger partial charge in [-0.3, -0.25) is 0 Å². The van der Waals surface area contributed by atoms with Gasteiger partial charge in [0.1, 0.15) is 6.04 Å². The monoisotopic (exact) mass is 279 g/mol. The highest BCUT2D eigenvalue weighted by molar-refractivity contribution is 9.10. The largest absolute Gasteiger partial charge is 0.407 e. The number of rotatable bonds is 2. The van der Waals surface area contributed by atoms with Gasteiger partial charge in [-0.05, 0) is 17.7 Å². The molecule has 82 valence electrons. The van der Waals surface area contributed by atoms with Crippen LogP contribution in [0.5, 0.6) is 0 Å². The number of halogens is 4. The molecule has 0 saturated heterocycles. The minimum Gasteiger partial charge on any atom is -0.317 e. The van der Waals surface area contributed by atoms with Crippen LogP contribution in [0.3, 0.4) is 0 Å². The van der Waals surface area contributed by atoms with Crippen LogP contribution in [0.25, 0.3) is 6.08 Å². The molecule has 0 spiro atoms. The highest BCUT2D eigenvalue weighted by Gasteiger charge is 2.34. The van der Waals surface area contributed by atoms with Crippen molar-refractivity contribution in [3.05, 3.63) is 40.4 Å². The maximum Gasteiger partial charge on any atom is 0.407 e. The molecule has 1 nitrogen and oxygen atoms in total. The van der Waals surface area contributed by atoms with Crippen LogP contribution in [-0.4, -0.2) is 12.2 Å². The van der Waals surface area contributed by atoms with E-state index in [0.29, 0.717) is 5.56 Å². The van der Waals surface area contributed by atoms with Gasteiger partial charge in [0.15, 0.2) is 0 Å². The molecule has 1 rings (SSSR count). The lowest BCUT2D eigenvalue weighted by molar-refractivity contribution is -0.136. The summed E-state index contributed by atoms with van der Waals surface area (Å²) in [5.74, 6) is 0. The first kappa shape index (κ1) is 12.3. The van der Waals surface area contributed by atoms with E-state index >= 15 is 0 Å². The number of alkyl halides is 3. The first-order valence-electron chi connectivity index (χ1n) is 4.15. The van der Waals surface area contributed by atoms with Gasteiger partial charge in [-0.1, -0.05) is 40.2 Å². The first-order chi connectivity index (χ1) is 6.89. The zero-order valence-corrected chi connectivity index (χ0v) is 9.22. The summed E-state index contributed by atoms with van der Waals surface area (Å²) >= 11 is 3.23. The molecule has 15 heavy (non-hydrogen) atoms. The quantitative estimate of drug-likeness (QED) is 0.883. The molecule has 0 aliphatic rings. The minimum absolute atomic E-state index is 0.679. The molecule has 0 aliphatic carbocycles. The van der Waals surface area contributed by atoms with E-state index in [2.05, 4.69) is 15.9 Å². The van der Waals surface area contributed by atoms with Crippen molar-refractivity contribution in [1.29, 1.82) is 0 Å². The van der Waals surface area contributed by atoms with E-state index in [1.54, 1.807) is 24.3 Å². The molecule has 2 N–H and O–H groups in total. The molecule has 1 aromatic rings. The number of hydrogen-bond acceptors (Lipinski definition) is 1. The van der Waals surface area contributed by atoms with Crippen LogP contribution in [0.1, 0.15) is 5.56 Å². The van der Waals surface area contributed by atoms with Crippen LogP contribution in [0.15, 0.2) is 34.8 Å². The molecule has 0 heterocycles. The van der Waals surface area contributed by atoms with Gasteiger partial charge in [-0.25, -0.2) is 0 Å². The lowest BCUT2D eigenvalue weighted by atomic mass is 10.2. The summed E-state index contributed by atoms with van der Waals surface area (Å²) in [6.07, 6.45) is -2.10. The van der Waals surface area contributed by atoms with Gasteiger partial charge in [0, 0.05) is 4.47 Å². The van der Waals surface area contributed by atoms with Crippen molar-refractivity contribution >= 4 is 22.0 Å². The molecule has 5 heteroatoms. The summed E-state index contributed by atoms with van der Waals surface area (Å²) in [4.78, 5) is 0. The Labute approximate surface area is 93.9 Å². The van der Waals surface area contributed by atoms with Crippen molar-refractivity contribution in [3.8, 4) is 0 Å². The molecular weight excluding hydrogens is 271 g/mol. The smallest absolute Gasteiger partial charge is 0.317 e. The standard InChI is InChI=1S/C10H9BrF3N/c11-8-4-1-7(2-5-8)3-6-9(15)10(12,13)14/h1-6,9H,15H2/t9-/m0/s1. The Morgan fingerprint density at radius 3 is 2.20 bits per heavy atom. The first-order valence-corrected chi connectivity index (χ1v) is 4.95. The number of nitrogens with two attached hydrogens (primary N) is 1. The van der Waals surface area contributed by atoms with Crippen LogP contribution in [0.4, 0.5) is 13.2 Å². The third-order valence-electron chi connectivity index (χ3n) is 1.74. The van der Waals surface area contributed by atoms with Crippen molar-refractivity contribution in [2.24, 2.45) is 5.73 Å². The zero-order valence-electron chi connectivity index (χ0n) is 7.63. The van der Waals surface area contributed by atoms with Crippen molar-refractivity contribution in [3.63, 3.8) is 0 Å². The topological polar surface area (TPSA) is 26.0 Å². The summed E-state index contributed by atoms with van der Waals surface area (Å²) in [5, 5.41) is 0. The van der Waals surface area contributed by atoms with E-state index in [-0.39, 0.29) is 0 Å².